The summed E-state index contributed by atoms with van der Waals surface area (Å²) >= 11 is 0. The van der Waals surface area contributed by atoms with E-state index >= 15 is 0 Å². The van der Waals surface area contributed by atoms with Crippen molar-refractivity contribution in [3.63, 3.8) is 0 Å². The molecule has 2 heterocycles. The lowest BCUT2D eigenvalue weighted by molar-refractivity contribution is 0.00434. The molecule has 1 atom stereocenters. The fourth-order valence-electron chi connectivity index (χ4n) is 3.08. The molecule has 1 amide bonds. The van der Waals surface area contributed by atoms with E-state index in [9.17, 15) is 4.79 Å². The van der Waals surface area contributed by atoms with Crippen LogP contribution in [0, 0.1) is 0 Å². The van der Waals surface area contributed by atoms with E-state index in [1.54, 1.807) is 4.90 Å². The summed E-state index contributed by atoms with van der Waals surface area (Å²) in [5.41, 5.74) is 7.27. The number of benzene rings is 1. The summed E-state index contributed by atoms with van der Waals surface area (Å²) < 4.78 is 5.75. The number of rotatable bonds is 2. The predicted molar refractivity (Wildman–Crippen MR) is 77.6 cm³/mol. The molecule has 2 saturated heterocycles. The van der Waals surface area contributed by atoms with Gasteiger partial charge in [-0.25, -0.2) is 4.79 Å². The van der Waals surface area contributed by atoms with Crippen molar-refractivity contribution in [2.24, 2.45) is 5.73 Å². The predicted octanol–water partition coefficient (Wildman–Crippen LogP) is 1.57. The topological polar surface area (TPSA) is 58.8 Å². The molecule has 5 heteroatoms. The largest absolute Gasteiger partial charge is 0.441 e. The molecule has 1 aromatic carbocycles. The number of ether oxygens (including phenoxy) is 1. The van der Waals surface area contributed by atoms with Crippen molar-refractivity contribution in [1.29, 1.82) is 0 Å². The number of likely N-dealkylation sites (N-methyl/N-ethyl adjacent to an activating group) is 1. The first-order valence-corrected chi connectivity index (χ1v) is 7.10. The highest BCUT2D eigenvalue weighted by Gasteiger charge is 2.45. The summed E-state index contributed by atoms with van der Waals surface area (Å²) in [6.45, 7) is 3.08. The van der Waals surface area contributed by atoms with Gasteiger partial charge in [0.05, 0.1) is 0 Å². The van der Waals surface area contributed by atoms with Crippen LogP contribution in [0.3, 0.4) is 0 Å². The summed E-state index contributed by atoms with van der Waals surface area (Å²) in [5.74, 6) is 0. The fourth-order valence-corrected chi connectivity index (χ4v) is 3.08. The van der Waals surface area contributed by atoms with Crippen molar-refractivity contribution in [3.05, 3.63) is 29.8 Å². The van der Waals surface area contributed by atoms with Gasteiger partial charge in [0, 0.05) is 44.7 Å². The van der Waals surface area contributed by atoms with Gasteiger partial charge >= 0.3 is 6.09 Å². The Hall–Kier alpha value is -1.59. The number of anilines is 1. The lowest BCUT2D eigenvalue weighted by atomic mass is 9.96. The van der Waals surface area contributed by atoms with Crippen LogP contribution in [0.5, 0.6) is 0 Å². The van der Waals surface area contributed by atoms with Gasteiger partial charge in [-0.05, 0) is 24.7 Å². The number of carbonyl (C=O) groups excluding carboxylic acids is 1. The quantitative estimate of drug-likeness (QED) is 0.890. The summed E-state index contributed by atoms with van der Waals surface area (Å²) in [4.78, 5) is 16.2. The molecule has 0 saturated carbocycles. The monoisotopic (exact) mass is 275 g/mol. The Bertz CT molecular complexity index is 502. The third-order valence-electron chi connectivity index (χ3n) is 4.31. The molecule has 1 aromatic rings. The maximum atomic E-state index is 12.3. The summed E-state index contributed by atoms with van der Waals surface area (Å²) in [5, 5.41) is 0. The van der Waals surface area contributed by atoms with Crippen LogP contribution in [-0.4, -0.2) is 43.3 Å². The highest BCUT2D eigenvalue weighted by atomic mass is 16.6. The van der Waals surface area contributed by atoms with Crippen molar-refractivity contribution >= 4 is 11.8 Å². The molecule has 1 spiro atoms. The number of hydrogen-bond acceptors (Lipinski definition) is 4. The molecule has 20 heavy (non-hydrogen) atoms. The molecule has 5 nitrogen and oxygen atoms in total. The molecule has 0 aliphatic carbocycles. The van der Waals surface area contributed by atoms with Gasteiger partial charge in [0.25, 0.3) is 0 Å². The molecule has 2 fully saturated rings. The number of nitrogens with two attached hydrogens (primary N) is 1. The van der Waals surface area contributed by atoms with Crippen LogP contribution in [0.1, 0.15) is 18.4 Å². The Balaban J connectivity index is 1.72. The highest BCUT2D eigenvalue weighted by Crippen LogP contribution is 2.34. The van der Waals surface area contributed by atoms with E-state index in [0.29, 0.717) is 13.1 Å². The normalized spacial score (nSPS) is 27.1. The molecular weight excluding hydrogens is 254 g/mol. The van der Waals surface area contributed by atoms with Crippen LogP contribution >= 0.6 is 0 Å². The summed E-state index contributed by atoms with van der Waals surface area (Å²) in [6.07, 6.45) is 1.60. The Kier molecular flexibility index (Phi) is 3.40. The second-order valence-corrected chi connectivity index (χ2v) is 5.81. The number of nitrogens with zero attached hydrogens (tertiary/aromatic N) is 2. The zero-order valence-corrected chi connectivity index (χ0v) is 11.8. The van der Waals surface area contributed by atoms with Crippen molar-refractivity contribution in [3.8, 4) is 0 Å². The van der Waals surface area contributed by atoms with E-state index < -0.39 is 0 Å². The summed E-state index contributed by atoms with van der Waals surface area (Å²) in [7, 11) is 2.07. The zero-order valence-electron chi connectivity index (χ0n) is 11.8. The second kappa shape index (κ2) is 5.07. The first-order valence-electron chi connectivity index (χ1n) is 7.10. The number of likely N-dealkylation sites (tertiary alicyclic amines) is 1. The van der Waals surface area contributed by atoms with Crippen LogP contribution < -0.4 is 10.6 Å². The molecule has 2 aliphatic rings. The van der Waals surface area contributed by atoms with E-state index in [0.717, 1.165) is 37.2 Å². The Labute approximate surface area is 119 Å². The van der Waals surface area contributed by atoms with Crippen LogP contribution in [0.2, 0.25) is 0 Å². The molecule has 108 valence electrons. The van der Waals surface area contributed by atoms with Crippen LogP contribution in [0.4, 0.5) is 10.5 Å². The van der Waals surface area contributed by atoms with Crippen molar-refractivity contribution in [2.45, 2.75) is 25.0 Å². The van der Waals surface area contributed by atoms with Crippen molar-refractivity contribution in [2.75, 3.05) is 31.6 Å². The zero-order chi connectivity index (χ0) is 14.2. The van der Waals surface area contributed by atoms with Gasteiger partial charge < -0.3 is 15.4 Å². The Morgan fingerprint density at radius 2 is 1.95 bits per heavy atom. The summed E-state index contributed by atoms with van der Waals surface area (Å²) in [6, 6.07) is 7.77. The first-order chi connectivity index (χ1) is 9.62. The van der Waals surface area contributed by atoms with Crippen LogP contribution in [0.25, 0.3) is 0 Å². The van der Waals surface area contributed by atoms with Gasteiger partial charge in [-0.15, -0.1) is 0 Å². The maximum Gasteiger partial charge on any atom is 0.414 e. The van der Waals surface area contributed by atoms with Gasteiger partial charge in [-0.1, -0.05) is 12.1 Å². The third kappa shape index (κ3) is 2.39. The van der Waals surface area contributed by atoms with Gasteiger partial charge in [-0.3, -0.25) is 4.90 Å². The average molecular weight is 275 g/mol. The molecule has 2 N–H and O–H groups in total. The number of amides is 1. The smallest absolute Gasteiger partial charge is 0.414 e. The molecule has 2 aliphatic heterocycles. The molecule has 0 radical (unpaired) electrons. The van der Waals surface area contributed by atoms with Gasteiger partial charge in [0.15, 0.2) is 0 Å². The number of carbonyl (C=O) groups is 1. The highest BCUT2D eigenvalue weighted by molar-refractivity contribution is 5.88. The van der Waals surface area contributed by atoms with Crippen LogP contribution in [-0.2, 0) is 11.3 Å². The van der Waals surface area contributed by atoms with E-state index in [2.05, 4.69) is 11.9 Å². The molecule has 1 unspecified atom stereocenters. The lowest BCUT2D eigenvalue weighted by Crippen LogP contribution is -2.50. The van der Waals surface area contributed by atoms with Crippen molar-refractivity contribution in [1.82, 2.24) is 4.90 Å². The molecule has 3 rings (SSSR count). The third-order valence-corrected chi connectivity index (χ3v) is 4.31. The second-order valence-electron chi connectivity index (χ2n) is 5.81. The average Bonchev–Trinajstić information content (AvgIpc) is 2.80. The van der Waals surface area contributed by atoms with E-state index in [1.165, 1.54) is 0 Å². The SMILES string of the molecule is CN1CCC2(CCN(c3ccc(CN)cc3)C(=O)O2)C1. The van der Waals surface area contributed by atoms with Gasteiger partial charge in [0.1, 0.15) is 5.60 Å². The minimum atomic E-state index is -0.264. The maximum absolute atomic E-state index is 12.3. The fraction of sp³-hybridized carbons (Fsp3) is 0.533. The minimum Gasteiger partial charge on any atom is -0.441 e. The Morgan fingerprint density at radius 1 is 1.25 bits per heavy atom. The minimum absolute atomic E-state index is 0.230. The van der Waals surface area contributed by atoms with E-state index in [-0.39, 0.29) is 11.7 Å². The van der Waals surface area contributed by atoms with E-state index in [4.69, 9.17) is 10.5 Å². The number of hydrogen-bond donors (Lipinski definition) is 1. The molecule has 0 aromatic heterocycles. The van der Waals surface area contributed by atoms with Gasteiger partial charge in [0.2, 0.25) is 0 Å². The first kappa shape index (κ1) is 13.4. The molecule has 0 bridgehead atoms. The van der Waals surface area contributed by atoms with E-state index in [1.807, 2.05) is 24.3 Å². The van der Waals surface area contributed by atoms with Crippen molar-refractivity contribution < 1.29 is 9.53 Å². The van der Waals surface area contributed by atoms with Crippen LogP contribution in [0.15, 0.2) is 24.3 Å². The lowest BCUT2D eigenvalue weighted by Gasteiger charge is -2.38. The Morgan fingerprint density at radius 3 is 2.50 bits per heavy atom. The molecular formula is C15H21N3O2. The van der Waals surface area contributed by atoms with Gasteiger partial charge in [-0.2, -0.15) is 0 Å². The standard InChI is InChI=1S/C15H21N3O2/c1-17-8-6-15(11-17)7-9-18(14(19)20-15)13-4-2-12(10-16)3-5-13/h2-5H,6-11,16H2,1H3.